The van der Waals surface area contributed by atoms with Crippen LogP contribution < -0.4 is 10.6 Å². The summed E-state index contributed by atoms with van der Waals surface area (Å²) in [6.07, 6.45) is 2.21. The molecule has 0 bridgehead atoms. The fourth-order valence-electron chi connectivity index (χ4n) is 3.78. The number of halogens is 1. The van der Waals surface area contributed by atoms with E-state index in [1.807, 2.05) is 30.3 Å². The molecule has 2 aliphatic rings. The molecule has 2 aromatic rings. The van der Waals surface area contributed by atoms with Gasteiger partial charge in [0, 0.05) is 12.1 Å². The van der Waals surface area contributed by atoms with Crippen molar-refractivity contribution in [2.75, 3.05) is 19.6 Å². The van der Waals surface area contributed by atoms with Crippen LogP contribution in [0.2, 0.25) is 0 Å². The first kappa shape index (κ1) is 21.0. The van der Waals surface area contributed by atoms with Crippen LogP contribution in [0.15, 0.2) is 48.5 Å². The van der Waals surface area contributed by atoms with Gasteiger partial charge in [-0.3, -0.25) is 19.3 Å². The van der Waals surface area contributed by atoms with Crippen molar-refractivity contribution >= 4 is 30.1 Å². The van der Waals surface area contributed by atoms with Crippen molar-refractivity contribution in [2.45, 2.75) is 19.4 Å². The minimum Gasteiger partial charge on any atom is -0.352 e. The molecule has 0 aliphatic carbocycles. The predicted octanol–water partition coefficient (Wildman–Crippen LogP) is 2.63. The Balaban J connectivity index is 0.00000240. The average Bonchev–Trinajstić information content (AvgIpc) is 2.98. The van der Waals surface area contributed by atoms with Crippen molar-refractivity contribution < 1.29 is 14.4 Å². The number of hydrogen-bond acceptors (Lipinski definition) is 4. The van der Waals surface area contributed by atoms with Gasteiger partial charge in [0.15, 0.2) is 0 Å². The molecule has 0 spiro atoms. The van der Waals surface area contributed by atoms with E-state index in [1.54, 1.807) is 12.1 Å². The van der Waals surface area contributed by atoms with Gasteiger partial charge in [0.2, 0.25) is 0 Å². The Bertz CT molecular complexity index is 911. The third-order valence-corrected chi connectivity index (χ3v) is 5.37. The summed E-state index contributed by atoms with van der Waals surface area (Å²) in [6, 6.07) is 14.1. The topological polar surface area (TPSA) is 78.5 Å². The third kappa shape index (κ3) is 4.49. The first-order valence-electron chi connectivity index (χ1n) is 9.66. The Morgan fingerprint density at radius 3 is 2.55 bits per heavy atom. The van der Waals surface area contributed by atoms with Crippen LogP contribution >= 0.6 is 12.4 Å². The molecule has 7 heteroatoms. The Kier molecular flexibility index (Phi) is 6.67. The van der Waals surface area contributed by atoms with Gasteiger partial charge in [-0.2, -0.15) is 0 Å². The molecular weight excluding hydrogens is 390 g/mol. The Labute approximate surface area is 176 Å². The zero-order chi connectivity index (χ0) is 19.5. The maximum absolute atomic E-state index is 12.8. The smallest absolute Gasteiger partial charge is 0.261 e. The number of imide groups is 1. The molecule has 29 heavy (non-hydrogen) atoms. The van der Waals surface area contributed by atoms with Crippen LogP contribution in [-0.4, -0.2) is 42.3 Å². The van der Waals surface area contributed by atoms with E-state index in [-0.39, 0.29) is 36.7 Å². The lowest BCUT2D eigenvalue weighted by Gasteiger charge is -2.22. The van der Waals surface area contributed by atoms with Crippen LogP contribution in [0.5, 0.6) is 0 Å². The predicted molar refractivity (Wildman–Crippen MR) is 112 cm³/mol. The van der Waals surface area contributed by atoms with Crippen molar-refractivity contribution in [1.82, 2.24) is 15.5 Å². The number of piperidine rings is 1. The van der Waals surface area contributed by atoms with Gasteiger partial charge in [0.1, 0.15) is 0 Å². The van der Waals surface area contributed by atoms with Gasteiger partial charge in [0.05, 0.1) is 17.7 Å². The first-order chi connectivity index (χ1) is 13.6. The van der Waals surface area contributed by atoms with Gasteiger partial charge in [-0.1, -0.05) is 30.3 Å². The summed E-state index contributed by atoms with van der Waals surface area (Å²) in [5, 5.41) is 6.28. The summed E-state index contributed by atoms with van der Waals surface area (Å²) in [5.74, 6) is -0.453. The van der Waals surface area contributed by atoms with Crippen LogP contribution in [-0.2, 0) is 6.54 Å². The highest BCUT2D eigenvalue weighted by atomic mass is 35.5. The summed E-state index contributed by atoms with van der Waals surface area (Å²) < 4.78 is 0. The van der Waals surface area contributed by atoms with Crippen molar-refractivity contribution in [3.05, 3.63) is 70.8 Å². The molecule has 6 nitrogen and oxygen atoms in total. The van der Waals surface area contributed by atoms with E-state index in [0.29, 0.717) is 29.2 Å². The number of rotatable bonds is 5. The highest BCUT2D eigenvalue weighted by Crippen LogP contribution is 2.25. The van der Waals surface area contributed by atoms with Crippen LogP contribution in [0.25, 0.3) is 0 Å². The standard InChI is InChI=1S/C22H23N3O3.ClH/c26-20(24-13-16-7-4-10-23-12-16)17-8-9-18-19(11-17)22(28)25(21(18)27)14-15-5-2-1-3-6-15;/h1-3,5-6,8-9,11,16,23H,4,7,10,12-14H2,(H,24,26);1H. The third-order valence-electron chi connectivity index (χ3n) is 5.37. The summed E-state index contributed by atoms with van der Waals surface area (Å²) in [5.41, 5.74) is 1.95. The second-order valence-electron chi connectivity index (χ2n) is 7.36. The summed E-state index contributed by atoms with van der Waals surface area (Å²) in [4.78, 5) is 39.1. The molecule has 2 aromatic carbocycles. The van der Waals surface area contributed by atoms with E-state index in [2.05, 4.69) is 10.6 Å². The fraction of sp³-hybridized carbons (Fsp3) is 0.318. The van der Waals surface area contributed by atoms with Gasteiger partial charge < -0.3 is 10.6 Å². The van der Waals surface area contributed by atoms with Crippen molar-refractivity contribution in [3.8, 4) is 0 Å². The summed E-state index contributed by atoms with van der Waals surface area (Å²) in [7, 11) is 0. The monoisotopic (exact) mass is 413 g/mol. The lowest BCUT2D eigenvalue weighted by molar-refractivity contribution is 0.0642. The van der Waals surface area contributed by atoms with E-state index >= 15 is 0 Å². The number of amides is 3. The molecule has 3 amide bonds. The van der Waals surface area contributed by atoms with Crippen molar-refractivity contribution in [3.63, 3.8) is 0 Å². The number of nitrogens with zero attached hydrogens (tertiary/aromatic N) is 1. The number of hydrogen-bond donors (Lipinski definition) is 2. The van der Waals surface area contributed by atoms with E-state index in [9.17, 15) is 14.4 Å². The maximum Gasteiger partial charge on any atom is 0.261 e. The van der Waals surface area contributed by atoms with Crippen molar-refractivity contribution in [1.29, 1.82) is 0 Å². The van der Waals surface area contributed by atoms with E-state index in [1.165, 1.54) is 11.0 Å². The van der Waals surface area contributed by atoms with Gasteiger partial charge in [-0.05, 0) is 55.6 Å². The molecule has 4 rings (SSSR count). The second-order valence-corrected chi connectivity index (χ2v) is 7.36. The van der Waals surface area contributed by atoms with Crippen LogP contribution in [0.1, 0.15) is 49.5 Å². The Morgan fingerprint density at radius 2 is 1.83 bits per heavy atom. The normalized spacial score (nSPS) is 18.2. The minimum atomic E-state index is -0.352. The first-order valence-corrected chi connectivity index (χ1v) is 9.66. The highest BCUT2D eigenvalue weighted by Gasteiger charge is 2.36. The summed E-state index contributed by atoms with van der Waals surface area (Å²) >= 11 is 0. The van der Waals surface area contributed by atoms with Gasteiger partial charge in [0.25, 0.3) is 17.7 Å². The highest BCUT2D eigenvalue weighted by molar-refractivity contribution is 6.22. The minimum absolute atomic E-state index is 0. The van der Waals surface area contributed by atoms with Gasteiger partial charge >= 0.3 is 0 Å². The SMILES string of the molecule is Cl.O=C(NCC1CCCNC1)c1ccc2c(c1)C(=O)N(Cc1ccccc1)C2=O. The zero-order valence-corrected chi connectivity index (χ0v) is 16.8. The van der Waals surface area contributed by atoms with Crippen LogP contribution in [0.4, 0.5) is 0 Å². The number of fused-ring (bicyclic) bond motifs is 1. The average molecular weight is 414 g/mol. The fourth-order valence-corrected chi connectivity index (χ4v) is 3.78. The second kappa shape index (κ2) is 9.20. The Morgan fingerprint density at radius 1 is 1.07 bits per heavy atom. The molecule has 1 atom stereocenters. The number of benzene rings is 2. The lowest BCUT2D eigenvalue weighted by Crippen LogP contribution is -2.38. The van der Waals surface area contributed by atoms with Gasteiger partial charge in [-0.25, -0.2) is 0 Å². The molecule has 152 valence electrons. The maximum atomic E-state index is 12.8. The quantitative estimate of drug-likeness (QED) is 0.738. The van der Waals surface area contributed by atoms with E-state index in [4.69, 9.17) is 0 Å². The molecule has 0 saturated carbocycles. The van der Waals surface area contributed by atoms with E-state index < -0.39 is 0 Å². The largest absolute Gasteiger partial charge is 0.352 e. The number of nitrogens with one attached hydrogen (secondary N) is 2. The van der Waals surface area contributed by atoms with Gasteiger partial charge in [-0.15, -0.1) is 12.4 Å². The van der Waals surface area contributed by atoms with E-state index in [0.717, 1.165) is 31.5 Å². The molecule has 0 radical (unpaired) electrons. The van der Waals surface area contributed by atoms with Crippen molar-refractivity contribution in [2.24, 2.45) is 5.92 Å². The molecule has 1 fully saturated rings. The molecule has 2 heterocycles. The van der Waals surface area contributed by atoms with Crippen LogP contribution in [0.3, 0.4) is 0 Å². The molecule has 1 saturated heterocycles. The lowest BCUT2D eigenvalue weighted by atomic mass is 9.99. The molecule has 0 aromatic heterocycles. The molecule has 1 unspecified atom stereocenters. The molecular formula is C22H24ClN3O3. The number of carbonyl (C=O) groups is 3. The molecule has 2 aliphatic heterocycles. The number of carbonyl (C=O) groups excluding carboxylic acids is 3. The molecule has 2 N–H and O–H groups in total. The zero-order valence-electron chi connectivity index (χ0n) is 16.0. The summed E-state index contributed by atoms with van der Waals surface area (Å²) in [6.45, 7) is 2.77. The Hall–Kier alpha value is -2.70. The van der Waals surface area contributed by atoms with Crippen LogP contribution in [0, 0.1) is 5.92 Å².